The van der Waals surface area contributed by atoms with Crippen molar-refractivity contribution < 1.29 is 14.4 Å². The number of hydrogen-bond acceptors (Lipinski definition) is 3. The van der Waals surface area contributed by atoms with Crippen molar-refractivity contribution in [3.63, 3.8) is 0 Å². The SMILES string of the molecule is CC(C)C(C)NC(=O)c1cccc(CN2C(=O)c3ccccc3C2=O)c1. The molecule has 1 aliphatic rings. The van der Waals surface area contributed by atoms with Crippen molar-refractivity contribution in [2.24, 2.45) is 5.92 Å². The van der Waals surface area contributed by atoms with Crippen molar-refractivity contribution in [2.75, 3.05) is 0 Å². The van der Waals surface area contributed by atoms with E-state index in [1.54, 1.807) is 42.5 Å². The Labute approximate surface area is 153 Å². The molecule has 0 bridgehead atoms. The van der Waals surface area contributed by atoms with Crippen LogP contribution >= 0.6 is 0 Å². The predicted molar refractivity (Wildman–Crippen MR) is 98.9 cm³/mol. The molecule has 0 saturated heterocycles. The van der Waals surface area contributed by atoms with Gasteiger partial charge in [0, 0.05) is 11.6 Å². The summed E-state index contributed by atoms with van der Waals surface area (Å²) in [5.41, 5.74) is 2.12. The number of benzene rings is 2. The Balaban J connectivity index is 1.77. The van der Waals surface area contributed by atoms with Crippen LogP contribution in [0.5, 0.6) is 0 Å². The first-order valence-corrected chi connectivity index (χ1v) is 8.73. The summed E-state index contributed by atoms with van der Waals surface area (Å²) in [4.78, 5) is 38.6. The van der Waals surface area contributed by atoms with E-state index in [4.69, 9.17) is 0 Å². The molecule has 3 amide bonds. The van der Waals surface area contributed by atoms with E-state index in [2.05, 4.69) is 5.32 Å². The van der Waals surface area contributed by atoms with Crippen molar-refractivity contribution in [1.82, 2.24) is 10.2 Å². The monoisotopic (exact) mass is 350 g/mol. The van der Waals surface area contributed by atoms with Crippen LogP contribution in [0.4, 0.5) is 0 Å². The molecule has 2 aromatic rings. The highest BCUT2D eigenvalue weighted by Crippen LogP contribution is 2.24. The van der Waals surface area contributed by atoms with E-state index in [9.17, 15) is 14.4 Å². The number of fused-ring (bicyclic) bond motifs is 1. The summed E-state index contributed by atoms with van der Waals surface area (Å²) in [5, 5.41) is 2.96. The minimum absolute atomic E-state index is 0.0578. The third-order valence-electron chi connectivity index (χ3n) is 4.77. The summed E-state index contributed by atoms with van der Waals surface area (Å²) >= 11 is 0. The molecule has 26 heavy (non-hydrogen) atoms. The van der Waals surface area contributed by atoms with Crippen LogP contribution in [-0.2, 0) is 6.54 Å². The van der Waals surface area contributed by atoms with Gasteiger partial charge in [0.05, 0.1) is 17.7 Å². The molecule has 5 heteroatoms. The number of carbonyl (C=O) groups excluding carboxylic acids is 3. The van der Waals surface area contributed by atoms with Gasteiger partial charge in [0.15, 0.2) is 0 Å². The zero-order chi connectivity index (χ0) is 18.8. The molecular formula is C21H22N2O3. The molecule has 1 atom stereocenters. The maximum Gasteiger partial charge on any atom is 0.261 e. The van der Waals surface area contributed by atoms with E-state index < -0.39 is 0 Å². The van der Waals surface area contributed by atoms with Crippen LogP contribution in [0.3, 0.4) is 0 Å². The smallest absolute Gasteiger partial charge is 0.261 e. The van der Waals surface area contributed by atoms with E-state index in [-0.39, 0.29) is 30.3 Å². The number of nitrogens with one attached hydrogen (secondary N) is 1. The zero-order valence-corrected chi connectivity index (χ0v) is 15.2. The molecule has 0 aromatic heterocycles. The molecule has 134 valence electrons. The standard InChI is InChI=1S/C21H22N2O3/c1-13(2)14(3)22-19(24)16-8-6-7-15(11-16)12-23-20(25)17-9-4-5-10-18(17)21(23)26/h4-11,13-14H,12H2,1-3H3,(H,22,24). The van der Waals surface area contributed by atoms with Crippen LogP contribution in [-0.4, -0.2) is 28.7 Å². The van der Waals surface area contributed by atoms with Gasteiger partial charge in [-0.2, -0.15) is 0 Å². The van der Waals surface area contributed by atoms with Crippen LogP contribution in [0.1, 0.15) is 57.4 Å². The normalized spacial score (nSPS) is 14.5. The second kappa shape index (κ2) is 7.12. The van der Waals surface area contributed by atoms with Crippen molar-refractivity contribution in [2.45, 2.75) is 33.4 Å². The maximum atomic E-state index is 12.5. The molecule has 5 nitrogen and oxygen atoms in total. The maximum absolute atomic E-state index is 12.5. The number of amides is 3. The molecule has 1 aliphatic heterocycles. The third-order valence-corrected chi connectivity index (χ3v) is 4.77. The van der Waals surface area contributed by atoms with Gasteiger partial charge in [0.2, 0.25) is 0 Å². The Morgan fingerprint density at radius 1 is 0.962 bits per heavy atom. The first kappa shape index (κ1) is 17.9. The minimum Gasteiger partial charge on any atom is -0.349 e. The molecule has 0 aliphatic carbocycles. The Morgan fingerprint density at radius 2 is 1.58 bits per heavy atom. The number of rotatable bonds is 5. The van der Waals surface area contributed by atoms with Crippen molar-refractivity contribution in [3.05, 3.63) is 70.8 Å². The molecule has 2 aromatic carbocycles. The average molecular weight is 350 g/mol. The summed E-state index contributed by atoms with van der Waals surface area (Å²) in [5.74, 6) is -0.418. The van der Waals surface area contributed by atoms with E-state index in [1.807, 2.05) is 26.8 Å². The number of carbonyl (C=O) groups is 3. The lowest BCUT2D eigenvalue weighted by atomic mass is 10.1. The van der Waals surface area contributed by atoms with E-state index in [0.717, 1.165) is 5.56 Å². The van der Waals surface area contributed by atoms with Gasteiger partial charge in [0.25, 0.3) is 17.7 Å². The summed E-state index contributed by atoms with van der Waals surface area (Å²) in [6, 6.07) is 13.9. The highest BCUT2D eigenvalue weighted by Gasteiger charge is 2.34. The van der Waals surface area contributed by atoms with Gasteiger partial charge < -0.3 is 5.32 Å². The first-order chi connectivity index (χ1) is 12.4. The number of imide groups is 1. The summed E-state index contributed by atoms with van der Waals surface area (Å²) < 4.78 is 0. The number of hydrogen-bond donors (Lipinski definition) is 1. The summed E-state index contributed by atoms with van der Waals surface area (Å²) in [7, 11) is 0. The number of nitrogens with zero attached hydrogens (tertiary/aromatic N) is 1. The van der Waals surface area contributed by atoms with Crippen molar-refractivity contribution >= 4 is 17.7 Å². The van der Waals surface area contributed by atoms with Crippen LogP contribution in [0.25, 0.3) is 0 Å². The minimum atomic E-state index is -0.297. The topological polar surface area (TPSA) is 66.5 Å². The van der Waals surface area contributed by atoms with Gasteiger partial charge in [-0.3, -0.25) is 19.3 Å². The van der Waals surface area contributed by atoms with Gasteiger partial charge in [-0.05, 0) is 42.7 Å². The van der Waals surface area contributed by atoms with Gasteiger partial charge in [0.1, 0.15) is 0 Å². The molecular weight excluding hydrogens is 328 g/mol. The van der Waals surface area contributed by atoms with Gasteiger partial charge in [-0.15, -0.1) is 0 Å². The van der Waals surface area contributed by atoms with E-state index in [1.165, 1.54) is 4.90 Å². The van der Waals surface area contributed by atoms with Crippen molar-refractivity contribution in [1.29, 1.82) is 0 Å². The van der Waals surface area contributed by atoms with Gasteiger partial charge in [-0.1, -0.05) is 38.1 Å². The fourth-order valence-corrected chi connectivity index (χ4v) is 2.83. The van der Waals surface area contributed by atoms with E-state index >= 15 is 0 Å². The second-order valence-electron chi connectivity index (χ2n) is 6.95. The van der Waals surface area contributed by atoms with Crippen LogP contribution in [0.2, 0.25) is 0 Å². The lowest BCUT2D eigenvalue weighted by molar-refractivity contribution is 0.0642. The lowest BCUT2D eigenvalue weighted by Gasteiger charge is -2.18. The highest BCUT2D eigenvalue weighted by atomic mass is 16.2. The molecule has 3 rings (SSSR count). The predicted octanol–water partition coefficient (Wildman–Crippen LogP) is 3.26. The van der Waals surface area contributed by atoms with E-state index in [0.29, 0.717) is 22.6 Å². The first-order valence-electron chi connectivity index (χ1n) is 8.73. The Kier molecular flexibility index (Phi) is 4.89. The van der Waals surface area contributed by atoms with Crippen LogP contribution in [0.15, 0.2) is 48.5 Å². The summed E-state index contributed by atoms with van der Waals surface area (Å²) in [6.45, 7) is 6.20. The third kappa shape index (κ3) is 3.38. The van der Waals surface area contributed by atoms with Gasteiger partial charge in [-0.25, -0.2) is 0 Å². The average Bonchev–Trinajstić information content (AvgIpc) is 2.87. The molecule has 0 spiro atoms. The van der Waals surface area contributed by atoms with Crippen LogP contribution in [0, 0.1) is 5.92 Å². The molecule has 1 heterocycles. The Morgan fingerprint density at radius 3 is 2.15 bits per heavy atom. The molecule has 1 N–H and O–H groups in total. The van der Waals surface area contributed by atoms with Gasteiger partial charge >= 0.3 is 0 Å². The molecule has 0 radical (unpaired) electrons. The fourth-order valence-electron chi connectivity index (χ4n) is 2.83. The lowest BCUT2D eigenvalue weighted by Crippen LogP contribution is -2.36. The molecule has 0 saturated carbocycles. The summed E-state index contributed by atoms with van der Waals surface area (Å²) in [6.07, 6.45) is 0. The largest absolute Gasteiger partial charge is 0.349 e. The van der Waals surface area contributed by atoms with Crippen molar-refractivity contribution in [3.8, 4) is 0 Å². The van der Waals surface area contributed by atoms with Crippen LogP contribution < -0.4 is 5.32 Å². The molecule has 0 fully saturated rings. The molecule has 1 unspecified atom stereocenters. The quantitative estimate of drug-likeness (QED) is 0.842. The second-order valence-corrected chi connectivity index (χ2v) is 6.95. The zero-order valence-electron chi connectivity index (χ0n) is 15.2. The Hall–Kier alpha value is -2.95. The fraction of sp³-hybridized carbons (Fsp3) is 0.286. The Bertz CT molecular complexity index is 838. The highest BCUT2D eigenvalue weighted by molar-refractivity contribution is 6.21.